The van der Waals surface area contributed by atoms with Gasteiger partial charge in [-0.2, -0.15) is 0 Å². The van der Waals surface area contributed by atoms with Crippen LogP contribution in [0.5, 0.6) is 5.75 Å². The van der Waals surface area contributed by atoms with E-state index >= 15 is 0 Å². The maximum absolute atomic E-state index is 12.1. The predicted octanol–water partition coefficient (Wildman–Crippen LogP) is 6.59. The molecule has 0 aliphatic carbocycles. The van der Waals surface area contributed by atoms with Crippen molar-refractivity contribution in [3.05, 3.63) is 65.7 Å². The van der Waals surface area contributed by atoms with Gasteiger partial charge in [0.2, 0.25) is 0 Å². The van der Waals surface area contributed by atoms with Gasteiger partial charge < -0.3 is 9.47 Å². The molecule has 0 fully saturated rings. The van der Waals surface area contributed by atoms with Gasteiger partial charge in [0.05, 0.1) is 17.7 Å². The third-order valence-electron chi connectivity index (χ3n) is 4.79. The fraction of sp³-hybridized carbons (Fsp3) is 0.440. The van der Waals surface area contributed by atoms with Gasteiger partial charge in [0.25, 0.3) is 0 Å². The van der Waals surface area contributed by atoms with E-state index in [1.54, 1.807) is 48.5 Å². The highest BCUT2D eigenvalue weighted by Gasteiger charge is 2.11. The maximum Gasteiger partial charge on any atom is 0.343 e. The lowest BCUT2D eigenvalue weighted by Gasteiger charge is -2.07. The van der Waals surface area contributed by atoms with Gasteiger partial charge in [-0.15, -0.1) is 0 Å². The lowest BCUT2D eigenvalue weighted by molar-refractivity contribution is 0.0497. The van der Waals surface area contributed by atoms with Crippen molar-refractivity contribution >= 4 is 11.9 Å². The van der Waals surface area contributed by atoms with Crippen LogP contribution in [0.25, 0.3) is 0 Å². The van der Waals surface area contributed by atoms with E-state index in [1.165, 1.54) is 44.9 Å². The second-order valence-electron chi connectivity index (χ2n) is 7.24. The molecule has 0 unspecified atom stereocenters. The van der Waals surface area contributed by atoms with Crippen molar-refractivity contribution in [1.82, 2.24) is 0 Å². The van der Waals surface area contributed by atoms with Gasteiger partial charge in [0.15, 0.2) is 0 Å². The number of esters is 2. The van der Waals surface area contributed by atoms with Crippen LogP contribution in [0.3, 0.4) is 0 Å². The van der Waals surface area contributed by atoms with Crippen LogP contribution in [-0.2, 0) is 4.74 Å². The molecule has 2 aromatic rings. The number of ether oxygens (including phenoxy) is 2. The number of carbonyl (C=O) groups is 2. The average Bonchev–Trinajstić information content (AvgIpc) is 2.75. The number of hydrogen-bond acceptors (Lipinski definition) is 4. The summed E-state index contributed by atoms with van der Waals surface area (Å²) in [4.78, 5) is 24.2. The Balaban J connectivity index is 1.62. The Labute approximate surface area is 174 Å². The first-order valence-corrected chi connectivity index (χ1v) is 10.7. The van der Waals surface area contributed by atoms with Crippen LogP contribution in [0.4, 0.5) is 0 Å². The fourth-order valence-corrected chi connectivity index (χ4v) is 3.06. The maximum atomic E-state index is 12.1. The highest BCUT2D eigenvalue weighted by Crippen LogP contribution is 2.13. The summed E-state index contributed by atoms with van der Waals surface area (Å²) in [6.45, 7) is 2.67. The summed E-state index contributed by atoms with van der Waals surface area (Å²) in [5.41, 5.74) is 0.835. The average molecular weight is 397 g/mol. The summed E-state index contributed by atoms with van der Waals surface area (Å²) in [6, 6.07) is 15.3. The van der Waals surface area contributed by atoms with Crippen LogP contribution >= 0.6 is 0 Å². The summed E-state index contributed by atoms with van der Waals surface area (Å²) < 4.78 is 10.6. The minimum Gasteiger partial charge on any atom is -0.462 e. The minimum atomic E-state index is -0.453. The highest BCUT2D eigenvalue weighted by atomic mass is 16.5. The van der Waals surface area contributed by atoms with Gasteiger partial charge in [-0.1, -0.05) is 76.5 Å². The topological polar surface area (TPSA) is 52.6 Å². The zero-order chi connectivity index (χ0) is 20.7. The molecular weight excluding hydrogens is 364 g/mol. The van der Waals surface area contributed by atoms with Crippen LogP contribution in [0.2, 0.25) is 0 Å². The Morgan fingerprint density at radius 1 is 0.655 bits per heavy atom. The van der Waals surface area contributed by atoms with Gasteiger partial charge in [0, 0.05) is 0 Å². The van der Waals surface area contributed by atoms with Crippen molar-refractivity contribution in [2.45, 2.75) is 64.7 Å². The highest BCUT2D eigenvalue weighted by molar-refractivity contribution is 5.94. The molecule has 0 heterocycles. The van der Waals surface area contributed by atoms with E-state index in [9.17, 15) is 9.59 Å². The Morgan fingerprint density at radius 3 is 1.76 bits per heavy atom. The van der Waals surface area contributed by atoms with Crippen LogP contribution in [0, 0.1) is 0 Å². The molecule has 0 spiro atoms. The molecule has 0 saturated heterocycles. The smallest absolute Gasteiger partial charge is 0.343 e. The van der Waals surface area contributed by atoms with E-state index in [-0.39, 0.29) is 5.97 Å². The van der Waals surface area contributed by atoms with Gasteiger partial charge in [-0.3, -0.25) is 0 Å². The summed E-state index contributed by atoms with van der Waals surface area (Å²) >= 11 is 0. The van der Waals surface area contributed by atoms with E-state index in [0.29, 0.717) is 23.5 Å². The number of unbranched alkanes of at least 4 members (excludes halogenated alkanes) is 8. The largest absolute Gasteiger partial charge is 0.462 e. The van der Waals surface area contributed by atoms with Crippen LogP contribution < -0.4 is 4.74 Å². The van der Waals surface area contributed by atoms with E-state index in [1.807, 2.05) is 6.07 Å². The van der Waals surface area contributed by atoms with E-state index in [0.717, 1.165) is 12.8 Å². The molecule has 29 heavy (non-hydrogen) atoms. The predicted molar refractivity (Wildman–Crippen MR) is 115 cm³/mol. The van der Waals surface area contributed by atoms with Gasteiger partial charge in [-0.25, -0.2) is 9.59 Å². The van der Waals surface area contributed by atoms with E-state index in [2.05, 4.69) is 6.92 Å². The van der Waals surface area contributed by atoms with Crippen LogP contribution in [-0.4, -0.2) is 18.5 Å². The van der Waals surface area contributed by atoms with Gasteiger partial charge in [0.1, 0.15) is 5.75 Å². The normalized spacial score (nSPS) is 10.5. The van der Waals surface area contributed by atoms with Gasteiger partial charge >= 0.3 is 11.9 Å². The molecular formula is C25H32O4. The zero-order valence-electron chi connectivity index (χ0n) is 17.4. The first kappa shape index (κ1) is 22.7. The molecule has 0 amide bonds. The lowest BCUT2D eigenvalue weighted by Crippen LogP contribution is -2.10. The van der Waals surface area contributed by atoms with Gasteiger partial charge in [-0.05, 0) is 42.8 Å². The molecule has 0 aliphatic rings. The van der Waals surface area contributed by atoms with E-state index in [4.69, 9.17) is 9.47 Å². The number of carbonyl (C=O) groups excluding carboxylic acids is 2. The van der Waals surface area contributed by atoms with Crippen molar-refractivity contribution in [2.24, 2.45) is 0 Å². The van der Waals surface area contributed by atoms with Crippen molar-refractivity contribution in [3.63, 3.8) is 0 Å². The Kier molecular flexibility index (Phi) is 10.6. The Morgan fingerprint density at radius 2 is 1.17 bits per heavy atom. The number of benzene rings is 2. The summed E-state index contributed by atoms with van der Waals surface area (Å²) in [7, 11) is 0. The van der Waals surface area contributed by atoms with Crippen molar-refractivity contribution in [3.8, 4) is 5.75 Å². The third kappa shape index (κ3) is 8.95. The molecule has 0 saturated carbocycles. The standard InChI is InChI=1S/C25H32O4/c1-2-3-4-5-6-7-8-9-13-20-28-24(26)21-16-18-22(19-17-21)25(27)29-23-14-11-10-12-15-23/h10-12,14-19H,2-9,13,20H2,1H3. The Bertz CT molecular complexity index is 722. The molecule has 2 aromatic carbocycles. The Hall–Kier alpha value is -2.62. The second kappa shape index (κ2) is 13.5. The molecule has 2 rings (SSSR count). The van der Waals surface area contributed by atoms with E-state index < -0.39 is 5.97 Å². The molecule has 0 bridgehead atoms. The lowest BCUT2D eigenvalue weighted by atomic mass is 10.1. The van der Waals surface area contributed by atoms with Crippen LogP contribution in [0.1, 0.15) is 85.4 Å². The summed E-state index contributed by atoms with van der Waals surface area (Å²) in [5, 5.41) is 0. The molecule has 0 radical (unpaired) electrons. The second-order valence-corrected chi connectivity index (χ2v) is 7.24. The first-order chi connectivity index (χ1) is 14.2. The quantitative estimate of drug-likeness (QED) is 0.218. The molecule has 4 heteroatoms. The molecule has 0 aromatic heterocycles. The molecule has 0 atom stereocenters. The number of para-hydroxylation sites is 1. The minimum absolute atomic E-state index is 0.354. The monoisotopic (exact) mass is 396 g/mol. The first-order valence-electron chi connectivity index (χ1n) is 10.7. The molecule has 0 N–H and O–H groups in total. The fourth-order valence-electron chi connectivity index (χ4n) is 3.06. The molecule has 156 valence electrons. The third-order valence-corrected chi connectivity index (χ3v) is 4.79. The zero-order valence-corrected chi connectivity index (χ0v) is 17.4. The number of rotatable bonds is 13. The van der Waals surface area contributed by atoms with Crippen LogP contribution in [0.15, 0.2) is 54.6 Å². The number of hydrogen-bond donors (Lipinski definition) is 0. The van der Waals surface area contributed by atoms with Crippen molar-refractivity contribution in [2.75, 3.05) is 6.61 Å². The molecule has 4 nitrogen and oxygen atoms in total. The summed E-state index contributed by atoms with van der Waals surface area (Å²) in [5.74, 6) is -0.319. The molecule has 0 aliphatic heterocycles. The SMILES string of the molecule is CCCCCCCCCCCOC(=O)c1ccc(C(=O)Oc2ccccc2)cc1. The van der Waals surface area contributed by atoms with Crippen molar-refractivity contribution < 1.29 is 19.1 Å². The summed E-state index contributed by atoms with van der Waals surface area (Å²) in [6.07, 6.45) is 11.0. The van der Waals surface area contributed by atoms with Crippen molar-refractivity contribution in [1.29, 1.82) is 0 Å².